The zero-order valence-corrected chi connectivity index (χ0v) is 7.13. The second-order valence-electron chi connectivity index (χ2n) is 2.92. The smallest absolute Gasteiger partial charge is 0.130 e. The van der Waals surface area contributed by atoms with Crippen LogP contribution in [0.15, 0.2) is 6.20 Å². The molecule has 0 aliphatic rings. The lowest BCUT2D eigenvalue weighted by molar-refractivity contribution is 0.769. The molecule has 1 rings (SSSR count). The summed E-state index contributed by atoms with van der Waals surface area (Å²) in [6.45, 7) is 6.01. The lowest BCUT2D eigenvalue weighted by Gasteiger charge is -2.05. The van der Waals surface area contributed by atoms with Gasteiger partial charge < -0.3 is 0 Å². The zero-order valence-electron chi connectivity index (χ0n) is 7.13. The van der Waals surface area contributed by atoms with E-state index in [0.717, 1.165) is 11.5 Å². The van der Waals surface area contributed by atoms with Gasteiger partial charge in [-0.3, -0.25) is 0 Å². The molecule has 0 bridgehead atoms. The van der Waals surface area contributed by atoms with E-state index < -0.39 is 0 Å². The Kier molecular flexibility index (Phi) is 2.27. The first-order chi connectivity index (χ1) is 5.11. The number of hydrogen-bond donors (Lipinski definition) is 0. The third-order valence-electron chi connectivity index (χ3n) is 1.55. The van der Waals surface area contributed by atoms with Crippen molar-refractivity contribution >= 4 is 13.3 Å². The van der Waals surface area contributed by atoms with Crippen LogP contribution in [0.4, 0.5) is 0 Å². The molecule has 1 aromatic heterocycles. The maximum atomic E-state index is 5.56. The van der Waals surface area contributed by atoms with E-state index in [1.54, 1.807) is 6.20 Å². The summed E-state index contributed by atoms with van der Waals surface area (Å²) in [7, 11) is 5.56. The van der Waals surface area contributed by atoms with Crippen LogP contribution in [-0.4, -0.2) is 17.8 Å². The van der Waals surface area contributed by atoms with Crippen molar-refractivity contribution in [2.75, 3.05) is 0 Å². The van der Waals surface area contributed by atoms with E-state index in [1.165, 1.54) is 0 Å². The van der Waals surface area contributed by atoms with Crippen LogP contribution in [0.3, 0.4) is 0 Å². The molecule has 0 saturated carbocycles. The summed E-state index contributed by atoms with van der Waals surface area (Å²) >= 11 is 0. The van der Waals surface area contributed by atoms with E-state index in [0.29, 0.717) is 11.4 Å². The minimum absolute atomic E-state index is 0.370. The van der Waals surface area contributed by atoms with Crippen molar-refractivity contribution in [3.05, 3.63) is 17.7 Å². The van der Waals surface area contributed by atoms with Gasteiger partial charge in [-0.1, -0.05) is 19.3 Å². The molecule has 0 unspecified atom stereocenters. The van der Waals surface area contributed by atoms with Gasteiger partial charge in [0, 0.05) is 17.8 Å². The molecule has 56 valence electrons. The predicted molar refractivity (Wildman–Crippen MR) is 46.2 cm³/mol. The second kappa shape index (κ2) is 3.03. The van der Waals surface area contributed by atoms with E-state index in [-0.39, 0.29) is 0 Å². The lowest BCUT2D eigenvalue weighted by atomic mass is 9.96. The molecule has 0 aliphatic heterocycles. The van der Waals surface area contributed by atoms with Crippen molar-refractivity contribution in [1.82, 2.24) is 9.97 Å². The van der Waals surface area contributed by atoms with Crippen molar-refractivity contribution in [2.45, 2.75) is 26.7 Å². The van der Waals surface area contributed by atoms with Gasteiger partial charge in [0.15, 0.2) is 0 Å². The largest absolute Gasteiger partial charge is 0.242 e. The first-order valence-corrected chi connectivity index (χ1v) is 3.70. The van der Waals surface area contributed by atoms with Crippen LogP contribution in [0.1, 0.15) is 31.3 Å². The van der Waals surface area contributed by atoms with Gasteiger partial charge in [0.2, 0.25) is 0 Å². The van der Waals surface area contributed by atoms with Crippen LogP contribution in [0.2, 0.25) is 0 Å². The van der Waals surface area contributed by atoms with Crippen LogP contribution in [0.5, 0.6) is 0 Å². The highest BCUT2D eigenvalue weighted by Crippen LogP contribution is 2.06. The molecule has 1 aromatic rings. The first kappa shape index (κ1) is 8.24. The van der Waals surface area contributed by atoms with Crippen molar-refractivity contribution in [3.63, 3.8) is 0 Å². The Hall–Kier alpha value is -0.855. The minimum Gasteiger partial charge on any atom is -0.242 e. The quantitative estimate of drug-likeness (QED) is 0.545. The van der Waals surface area contributed by atoms with Gasteiger partial charge in [-0.15, -0.1) is 0 Å². The molecule has 3 heteroatoms. The van der Waals surface area contributed by atoms with Gasteiger partial charge in [-0.25, -0.2) is 9.97 Å². The third-order valence-corrected chi connectivity index (χ3v) is 1.55. The van der Waals surface area contributed by atoms with Crippen molar-refractivity contribution in [3.8, 4) is 0 Å². The van der Waals surface area contributed by atoms with Gasteiger partial charge in [0.1, 0.15) is 13.7 Å². The summed E-state index contributed by atoms with van der Waals surface area (Å²) in [4.78, 5) is 8.34. The van der Waals surface area contributed by atoms with Gasteiger partial charge >= 0.3 is 0 Å². The van der Waals surface area contributed by atoms with Gasteiger partial charge in [-0.2, -0.15) is 0 Å². The molecule has 0 atom stereocenters. The topological polar surface area (TPSA) is 25.8 Å². The Morgan fingerprint density at radius 1 is 1.45 bits per heavy atom. The highest BCUT2D eigenvalue weighted by molar-refractivity contribution is 6.32. The third kappa shape index (κ3) is 1.79. The van der Waals surface area contributed by atoms with E-state index in [2.05, 4.69) is 23.8 Å². The van der Waals surface area contributed by atoms with Crippen LogP contribution in [-0.2, 0) is 0 Å². The van der Waals surface area contributed by atoms with Crippen LogP contribution in [0.25, 0.3) is 0 Å². The maximum Gasteiger partial charge on any atom is 0.130 e. The van der Waals surface area contributed by atoms with Crippen LogP contribution in [0, 0.1) is 6.92 Å². The van der Waals surface area contributed by atoms with Gasteiger partial charge in [0.25, 0.3) is 0 Å². The summed E-state index contributed by atoms with van der Waals surface area (Å²) in [6.07, 6.45) is 1.66. The predicted octanol–water partition coefficient (Wildman–Crippen LogP) is 0.702. The molecule has 2 nitrogen and oxygen atoms in total. The number of hydrogen-bond acceptors (Lipinski definition) is 2. The Morgan fingerprint density at radius 2 is 2.09 bits per heavy atom. The summed E-state index contributed by atoms with van der Waals surface area (Å²) in [5.74, 6) is 1.23. The molecular weight excluding hydrogens is 135 g/mol. The standard InChI is InChI=1S/C8H11BN2/c1-5(2)8-10-4-7(9)6(3)11-8/h4-5H,1-3H3. The Morgan fingerprint density at radius 3 is 2.55 bits per heavy atom. The number of aryl methyl sites for hydroxylation is 1. The Bertz CT molecular complexity index is 258. The molecule has 0 aromatic carbocycles. The van der Waals surface area contributed by atoms with E-state index in [4.69, 9.17) is 7.85 Å². The SMILES string of the molecule is [B]c1cnc(C(C)C)nc1C. The summed E-state index contributed by atoms with van der Waals surface area (Å²) in [5, 5.41) is 0. The highest BCUT2D eigenvalue weighted by Gasteiger charge is 2.02. The normalized spacial score (nSPS) is 10.5. The Labute approximate surface area is 68.5 Å². The molecular formula is C8H11BN2. The molecule has 1 heterocycles. The van der Waals surface area contributed by atoms with Crippen molar-refractivity contribution < 1.29 is 0 Å². The van der Waals surface area contributed by atoms with Crippen molar-refractivity contribution in [1.29, 1.82) is 0 Å². The Balaban J connectivity index is 3.05. The zero-order chi connectivity index (χ0) is 8.43. The van der Waals surface area contributed by atoms with E-state index >= 15 is 0 Å². The number of rotatable bonds is 1. The number of nitrogens with zero attached hydrogens (tertiary/aromatic N) is 2. The highest BCUT2D eigenvalue weighted by atomic mass is 14.9. The van der Waals surface area contributed by atoms with Crippen LogP contribution < -0.4 is 5.46 Å². The summed E-state index contributed by atoms with van der Waals surface area (Å²) in [6, 6.07) is 0. The maximum absolute atomic E-state index is 5.56. The number of aromatic nitrogens is 2. The summed E-state index contributed by atoms with van der Waals surface area (Å²) < 4.78 is 0. The molecule has 0 N–H and O–H groups in total. The molecule has 0 spiro atoms. The average molecular weight is 146 g/mol. The fourth-order valence-electron chi connectivity index (χ4n) is 0.773. The molecule has 0 aliphatic carbocycles. The fourth-order valence-corrected chi connectivity index (χ4v) is 0.773. The molecule has 2 radical (unpaired) electrons. The van der Waals surface area contributed by atoms with E-state index in [9.17, 15) is 0 Å². The molecule has 0 saturated heterocycles. The first-order valence-electron chi connectivity index (χ1n) is 3.70. The van der Waals surface area contributed by atoms with Gasteiger partial charge in [-0.05, 0) is 6.92 Å². The van der Waals surface area contributed by atoms with E-state index in [1.807, 2.05) is 6.92 Å². The molecule has 0 fully saturated rings. The second-order valence-corrected chi connectivity index (χ2v) is 2.92. The van der Waals surface area contributed by atoms with Gasteiger partial charge in [0.05, 0.1) is 0 Å². The minimum atomic E-state index is 0.370. The van der Waals surface area contributed by atoms with Crippen molar-refractivity contribution in [2.24, 2.45) is 0 Å². The fraction of sp³-hybridized carbons (Fsp3) is 0.500. The lowest BCUT2D eigenvalue weighted by Crippen LogP contribution is -2.13. The molecule has 0 amide bonds. The summed E-state index contributed by atoms with van der Waals surface area (Å²) in [5.41, 5.74) is 1.53. The average Bonchev–Trinajstić information content (AvgIpc) is 1.94. The van der Waals surface area contributed by atoms with Crippen LogP contribution >= 0.6 is 0 Å². The monoisotopic (exact) mass is 146 g/mol. The molecule has 11 heavy (non-hydrogen) atoms.